The maximum atomic E-state index is 14.0. The van der Waals surface area contributed by atoms with E-state index in [4.69, 9.17) is 5.26 Å². The van der Waals surface area contributed by atoms with Crippen LogP contribution in [-0.4, -0.2) is 43.8 Å². The van der Waals surface area contributed by atoms with Crippen molar-refractivity contribution in [2.24, 2.45) is 7.05 Å². The first-order valence-corrected chi connectivity index (χ1v) is 10.5. The van der Waals surface area contributed by atoms with Crippen LogP contribution in [-0.2, 0) is 13.0 Å². The van der Waals surface area contributed by atoms with Gasteiger partial charge in [-0.1, -0.05) is 0 Å². The van der Waals surface area contributed by atoms with Crippen LogP contribution in [0.25, 0.3) is 16.3 Å². The van der Waals surface area contributed by atoms with E-state index in [1.807, 2.05) is 6.07 Å². The fourth-order valence-corrected chi connectivity index (χ4v) is 4.00. The molecule has 1 aliphatic carbocycles. The molecule has 8 nitrogen and oxygen atoms in total. The van der Waals surface area contributed by atoms with Crippen LogP contribution in [0.15, 0.2) is 23.8 Å². The monoisotopic (exact) mass is 522 g/mol. The SMILES string of the molecule is Cn1nc(C(F)(F)C(F)(F)F)c(OC(F)F)c1-n1cc(-c2cc(C(=O)NC3(C#N)CC3)cs2)cn1. The van der Waals surface area contributed by atoms with Crippen LogP contribution in [0.1, 0.15) is 28.9 Å². The van der Waals surface area contributed by atoms with Crippen molar-refractivity contribution in [1.82, 2.24) is 24.9 Å². The number of nitrogens with one attached hydrogen (secondary N) is 1. The van der Waals surface area contributed by atoms with Crippen molar-refractivity contribution < 1.29 is 40.3 Å². The Labute approximate surface area is 195 Å². The number of nitriles is 1. The van der Waals surface area contributed by atoms with Gasteiger partial charge in [0, 0.05) is 29.1 Å². The predicted molar refractivity (Wildman–Crippen MR) is 105 cm³/mol. The van der Waals surface area contributed by atoms with E-state index in [1.165, 1.54) is 17.6 Å². The van der Waals surface area contributed by atoms with E-state index in [9.17, 15) is 35.5 Å². The van der Waals surface area contributed by atoms with Crippen molar-refractivity contribution in [3.05, 3.63) is 35.1 Å². The maximum Gasteiger partial charge on any atom is 0.459 e. The third kappa shape index (κ3) is 4.43. The topological polar surface area (TPSA) is 97.8 Å². The number of rotatable bonds is 7. The Morgan fingerprint density at radius 2 is 2.00 bits per heavy atom. The minimum Gasteiger partial charge on any atom is -0.428 e. The molecule has 3 heterocycles. The minimum atomic E-state index is -6.12. The van der Waals surface area contributed by atoms with Crippen molar-refractivity contribution in [3.63, 3.8) is 0 Å². The molecule has 16 heteroatoms. The fourth-order valence-electron chi connectivity index (χ4n) is 3.14. The smallest absolute Gasteiger partial charge is 0.428 e. The Morgan fingerprint density at radius 1 is 1.31 bits per heavy atom. The van der Waals surface area contributed by atoms with Gasteiger partial charge in [-0.2, -0.15) is 46.2 Å². The molecule has 0 bridgehead atoms. The summed E-state index contributed by atoms with van der Waals surface area (Å²) in [6.07, 6.45) is -2.71. The molecule has 0 saturated heterocycles. The van der Waals surface area contributed by atoms with Gasteiger partial charge in [0.25, 0.3) is 5.91 Å². The molecule has 35 heavy (non-hydrogen) atoms. The van der Waals surface area contributed by atoms with E-state index >= 15 is 0 Å². The first-order chi connectivity index (χ1) is 16.3. The van der Waals surface area contributed by atoms with E-state index in [1.54, 1.807) is 0 Å². The molecular formula is C19H13F7N6O2S. The number of hydrogen-bond acceptors (Lipinski definition) is 6. The lowest BCUT2D eigenvalue weighted by atomic mass is 10.2. The number of nitrogens with zero attached hydrogens (tertiary/aromatic N) is 5. The molecule has 0 radical (unpaired) electrons. The molecule has 0 unspecified atom stereocenters. The maximum absolute atomic E-state index is 14.0. The molecule has 0 aromatic carbocycles. The van der Waals surface area contributed by atoms with Gasteiger partial charge in [0.1, 0.15) is 5.54 Å². The molecule has 1 saturated carbocycles. The average molecular weight is 522 g/mol. The molecule has 0 atom stereocenters. The zero-order valence-electron chi connectivity index (χ0n) is 17.4. The third-order valence-corrected chi connectivity index (χ3v) is 6.08. The Bertz CT molecular complexity index is 1320. The lowest BCUT2D eigenvalue weighted by Crippen LogP contribution is -2.35. The van der Waals surface area contributed by atoms with Crippen molar-refractivity contribution in [2.75, 3.05) is 0 Å². The second-order valence-corrected chi connectivity index (χ2v) is 8.51. The second kappa shape index (κ2) is 8.26. The normalized spacial score (nSPS) is 15.2. The zero-order chi connectivity index (χ0) is 25.8. The summed E-state index contributed by atoms with van der Waals surface area (Å²) in [7, 11) is 0.960. The van der Waals surface area contributed by atoms with Crippen LogP contribution in [0, 0.1) is 11.3 Å². The molecule has 1 fully saturated rings. The van der Waals surface area contributed by atoms with Gasteiger partial charge in [0.05, 0.1) is 17.8 Å². The summed E-state index contributed by atoms with van der Waals surface area (Å²) in [5, 5.41) is 20.1. The van der Waals surface area contributed by atoms with E-state index < -0.39 is 47.4 Å². The molecule has 3 aromatic rings. The summed E-state index contributed by atoms with van der Waals surface area (Å²) >= 11 is 1.09. The van der Waals surface area contributed by atoms with Crippen LogP contribution < -0.4 is 10.1 Å². The number of alkyl halides is 7. The van der Waals surface area contributed by atoms with Crippen LogP contribution in [0.4, 0.5) is 30.7 Å². The van der Waals surface area contributed by atoms with Crippen molar-refractivity contribution in [3.8, 4) is 28.1 Å². The largest absolute Gasteiger partial charge is 0.459 e. The lowest BCUT2D eigenvalue weighted by molar-refractivity contribution is -0.291. The number of halogens is 7. The summed E-state index contributed by atoms with van der Waals surface area (Å²) in [4.78, 5) is 12.8. The molecule has 4 rings (SSSR count). The highest BCUT2D eigenvalue weighted by molar-refractivity contribution is 7.13. The number of aryl methyl sites for hydroxylation is 1. The molecule has 0 aliphatic heterocycles. The molecule has 1 amide bonds. The van der Waals surface area contributed by atoms with Gasteiger partial charge in [-0.15, -0.1) is 11.3 Å². The Balaban J connectivity index is 1.68. The third-order valence-electron chi connectivity index (χ3n) is 5.10. The summed E-state index contributed by atoms with van der Waals surface area (Å²) in [5.41, 5.74) is -2.40. The summed E-state index contributed by atoms with van der Waals surface area (Å²) in [5.74, 6) is -8.26. The number of hydrogen-bond donors (Lipinski definition) is 1. The van der Waals surface area contributed by atoms with Gasteiger partial charge in [-0.05, 0) is 18.9 Å². The quantitative estimate of drug-likeness (QED) is 0.465. The van der Waals surface area contributed by atoms with Gasteiger partial charge in [-0.25, -0.2) is 9.36 Å². The first kappa shape index (κ1) is 24.5. The summed E-state index contributed by atoms with van der Waals surface area (Å²) in [6.45, 7) is -3.72. The summed E-state index contributed by atoms with van der Waals surface area (Å²) in [6, 6.07) is 3.48. The fraction of sp³-hybridized carbons (Fsp3) is 0.368. The highest BCUT2D eigenvalue weighted by atomic mass is 32.1. The average Bonchev–Trinajstić information content (AvgIpc) is 3.12. The lowest BCUT2D eigenvalue weighted by Gasteiger charge is -2.18. The van der Waals surface area contributed by atoms with Gasteiger partial charge < -0.3 is 10.1 Å². The van der Waals surface area contributed by atoms with Crippen LogP contribution in [0.2, 0.25) is 0 Å². The van der Waals surface area contributed by atoms with Crippen molar-refractivity contribution in [2.45, 2.75) is 37.1 Å². The number of ether oxygens (including phenoxy) is 1. The van der Waals surface area contributed by atoms with Crippen molar-refractivity contribution in [1.29, 1.82) is 5.26 Å². The van der Waals surface area contributed by atoms with E-state index in [2.05, 4.69) is 20.3 Å². The molecule has 1 N–H and O–H groups in total. The Morgan fingerprint density at radius 3 is 2.57 bits per heavy atom. The number of amides is 1. The number of carbonyl (C=O) groups excluding carboxylic acids is 1. The minimum absolute atomic E-state index is 0.230. The highest BCUT2D eigenvalue weighted by Crippen LogP contribution is 2.48. The number of aromatic nitrogens is 4. The molecular weight excluding hydrogens is 509 g/mol. The standard InChI is InChI=1S/C19H13F7N6O2S/c1-31-15(12(34-16(20)21)13(30-31)18(22,23)19(24,25)26)32-6-10(5-28-32)11-4-9(7-35-11)14(33)29-17(8-27)2-3-17/h4-7,16H,2-3H2,1H3,(H,29,33). The molecule has 186 valence electrons. The van der Waals surface area contributed by atoms with Crippen LogP contribution in [0.5, 0.6) is 5.75 Å². The van der Waals surface area contributed by atoms with Crippen molar-refractivity contribution >= 4 is 17.2 Å². The van der Waals surface area contributed by atoms with Gasteiger partial charge >= 0.3 is 18.7 Å². The molecule has 3 aromatic heterocycles. The van der Waals surface area contributed by atoms with Crippen LogP contribution in [0.3, 0.4) is 0 Å². The van der Waals surface area contributed by atoms with Gasteiger partial charge in [0.15, 0.2) is 17.3 Å². The van der Waals surface area contributed by atoms with Gasteiger partial charge in [-0.3, -0.25) is 4.79 Å². The second-order valence-electron chi connectivity index (χ2n) is 7.60. The zero-order valence-corrected chi connectivity index (χ0v) is 18.2. The van der Waals surface area contributed by atoms with E-state index in [0.717, 1.165) is 29.3 Å². The van der Waals surface area contributed by atoms with E-state index in [0.29, 0.717) is 28.0 Å². The van der Waals surface area contributed by atoms with Gasteiger partial charge in [0.2, 0.25) is 0 Å². The predicted octanol–water partition coefficient (Wildman–Crippen LogP) is 4.38. The Hall–Kier alpha value is -3.61. The first-order valence-electron chi connectivity index (χ1n) is 9.62. The molecule has 0 spiro atoms. The van der Waals surface area contributed by atoms with Crippen LogP contribution >= 0.6 is 11.3 Å². The number of thiophene rings is 1. The highest BCUT2D eigenvalue weighted by Gasteiger charge is 2.62. The van der Waals surface area contributed by atoms with E-state index in [-0.39, 0.29) is 5.56 Å². The Kier molecular flexibility index (Phi) is 5.78. The summed E-state index contributed by atoms with van der Waals surface area (Å²) < 4.78 is 97.7. The molecule has 1 aliphatic rings. The number of carbonyl (C=O) groups is 1.